The lowest BCUT2D eigenvalue weighted by Gasteiger charge is -2.04. The van der Waals surface area contributed by atoms with Gasteiger partial charge in [0.25, 0.3) is 0 Å². The van der Waals surface area contributed by atoms with Crippen molar-refractivity contribution in [1.82, 2.24) is 10.1 Å². The summed E-state index contributed by atoms with van der Waals surface area (Å²) in [6.07, 6.45) is 0.848. The Bertz CT molecular complexity index is 899. The van der Waals surface area contributed by atoms with Gasteiger partial charge in [0.2, 0.25) is 0 Å². The number of aromatic nitrogens is 2. The van der Waals surface area contributed by atoms with E-state index >= 15 is 0 Å². The van der Waals surface area contributed by atoms with E-state index in [2.05, 4.69) is 10.1 Å². The molecule has 0 fully saturated rings. The average Bonchev–Trinajstić information content (AvgIpc) is 3.08. The molecule has 5 nitrogen and oxygen atoms in total. The number of ether oxygens (including phenoxy) is 1. The van der Waals surface area contributed by atoms with E-state index in [-0.39, 0.29) is 5.78 Å². The maximum Gasteiger partial charge on any atom is 0.165 e. The summed E-state index contributed by atoms with van der Waals surface area (Å²) in [4.78, 5) is 16.7. The molecule has 1 aromatic carbocycles. The van der Waals surface area contributed by atoms with Gasteiger partial charge in [0, 0.05) is 41.4 Å². The summed E-state index contributed by atoms with van der Waals surface area (Å²) in [6.45, 7) is 3.77. The van der Waals surface area contributed by atoms with Crippen LogP contribution in [0.2, 0.25) is 0 Å². The molecule has 0 aliphatic heterocycles. The minimum atomic E-state index is 0.0558. The number of para-hydroxylation sites is 1. The van der Waals surface area contributed by atoms with Gasteiger partial charge in [0.05, 0.1) is 7.11 Å². The highest BCUT2D eigenvalue weighted by Crippen LogP contribution is 2.29. The van der Waals surface area contributed by atoms with Crippen LogP contribution in [0.1, 0.15) is 33.9 Å². The molecule has 0 unspecified atom stereocenters. The van der Waals surface area contributed by atoms with Crippen LogP contribution in [0.25, 0.3) is 11.3 Å². The second kappa shape index (κ2) is 7.30. The zero-order valence-corrected chi connectivity index (χ0v) is 14.6. The van der Waals surface area contributed by atoms with Crippen LogP contribution in [-0.4, -0.2) is 23.0 Å². The molecule has 3 aromatic rings. The van der Waals surface area contributed by atoms with E-state index in [0.29, 0.717) is 29.9 Å². The van der Waals surface area contributed by atoms with E-state index in [1.807, 2.05) is 56.3 Å². The van der Waals surface area contributed by atoms with Crippen molar-refractivity contribution in [1.29, 1.82) is 0 Å². The number of nitrogens with zero attached hydrogens (tertiary/aromatic N) is 2. The highest BCUT2D eigenvalue weighted by Gasteiger charge is 2.14. The zero-order chi connectivity index (χ0) is 17.8. The summed E-state index contributed by atoms with van der Waals surface area (Å²) in [5.74, 6) is 1.46. The Kier molecular flexibility index (Phi) is 4.93. The SMILES string of the molecule is COc1ccccc1-c1cc(CCC(=O)c2ccc(C)nc2C)on1. The molecule has 0 bridgehead atoms. The summed E-state index contributed by atoms with van der Waals surface area (Å²) >= 11 is 0. The smallest absolute Gasteiger partial charge is 0.165 e. The second-order valence-electron chi connectivity index (χ2n) is 5.89. The van der Waals surface area contributed by atoms with Crippen molar-refractivity contribution in [2.75, 3.05) is 7.11 Å². The molecule has 0 radical (unpaired) electrons. The Morgan fingerprint density at radius 2 is 1.96 bits per heavy atom. The van der Waals surface area contributed by atoms with Gasteiger partial charge in [-0.2, -0.15) is 0 Å². The number of benzene rings is 1. The Balaban J connectivity index is 1.70. The van der Waals surface area contributed by atoms with Gasteiger partial charge >= 0.3 is 0 Å². The molecule has 0 N–H and O–H groups in total. The van der Waals surface area contributed by atoms with Gasteiger partial charge < -0.3 is 9.26 Å². The van der Waals surface area contributed by atoms with E-state index < -0.39 is 0 Å². The molecule has 25 heavy (non-hydrogen) atoms. The highest BCUT2D eigenvalue weighted by atomic mass is 16.5. The van der Waals surface area contributed by atoms with E-state index in [1.54, 1.807) is 7.11 Å². The monoisotopic (exact) mass is 336 g/mol. The van der Waals surface area contributed by atoms with Crippen molar-refractivity contribution in [2.24, 2.45) is 0 Å². The van der Waals surface area contributed by atoms with Crippen LogP contribution >= 0.6 is 0 Å². The minimum absolute atomic E-state index is 0.0558. The number of carbonyl (C=O) groups excluding carboxylic acids is 1. The van der Waals surface area contributed by atoms with E-state index in [4.69, 9.17) is 9.26 Å². The molecular weight excluding hydrogens is 316 g/mol. The van der Waals surface area contributed by atoms with Crippen molar-refractivity contribution in [3.05, 3.63) is 65.2 Å². The third-order valence-electron chi connectivity index (χ3n) is 4.07. The van der Waals surface area contributed by atoms with Crippen LogP contribution in [0.5, 0.6) is 5.75 Å². The van der Waals surface area contributed by atoms with Gasteiger partial charge in [-0.25, -0.2) is 0 Å². The lowest BCUT2D eigenvalue weighted by Crippen LogP contribution is -2.05. The predicted octanol–water partition coefficient (Wildman–Crippen LogP) is 4.18. The molecule has 0 aliphatic rings. The molecule has 0 spiro atoms. The summed E-state index contributed by atoms with van der Waals surface area (Å²) in [5.41, 5.74) is 3.90. The molecule has 2 heterocycles. The fourth-order valence-corrected chi connectivity index (χ4v) is 2.77. The number of aryl methyl sites for hydroxylation is 3. The number of hydrogen-bond donors (Lipinski definition) is 0. The largest absolute Gasteiger partial charge is 0.496 e. The maximum absolute atomic E-state index is 12.4. The molecule has 0 aliphatic carbocycles. The standard InChI is InChI=1S/C20H20N2O3/c1-13-8-10-16(14(2)21-13)19(23)11-9-15-12-18(22-25-15)17-6-4-5-7-20(17)24-3/h4-8,10,12H,9,11H2,1-3H3. The summed E-state index contributed by atoms with van der Waals surface area (Å²) in [5, 5.41) is 4.10. The average molecular weight is 336 g/mol. The molecule has 0 amide bonds. The normalized spacial score (nSPS) is 10.7. The highest BCUT2D eigenvalue weighted by molar-refractivity contribution is 5.97. The van der Waals surface area contributed by atoms with Crippen LogP contribution in [-0.2, 0) is 6.42 Å². The summed E-state index contributed by atoms with van der Waals surface area (Å²) in [7, 11) is 1.62. The summed E-state index contributed by atoms with van der Waals surface area (Å²) in [6, 6.07) is 13.2. The summed E-state index contributed by atoms with van der Waals surface area (Å²) < 4.78 is 10.7. The number of methoxy groups -OCH3 is 1. The first-order chi connectivity index (χ1) is 12.1. The second-order valence-corrected chi connectivity index (χ2v) is 5.89. The van der Waals surface area contributed by atoms with E-state index in [9.17, 15) is 4.79 Å². The van der Waals surface area contributed by atoms with Gasteiger partial charge in [-0.15, -0.1) is 0 Å². The molecule has 0 saturated heterocycles. The van der Waals surface area contributed by atoms with E-state index in [0.717, 1.165) is 22.7 Å². The van der Waals surface area contributed by atoms with Crippen LogP contribution in [0.4, 0.5) is 0 Å². The van der Waals surface area contributed by atoms with Crippen molar-refractivity contribution in [3.63, 3.8) is 0 Å². The first-order valence-electron chi connectivity index (χ1n) is 8.15. The molecule has 0 atom stereocenters. The molecule has 2 aromatic heterocycles. The predicted molar refractivity (Wildman–Crippen MR) is 94.9 cm³/mol. The zero-order valence-electron chi connectivity index (χ0n) is 14.6. The van der Waals surface area contributed by atoms with Gasteiger partial charge in [0.15, 0.2) is 5.78 Å². The Morgan fingerprint density at radius 3 is 2.72 bits per heavy atom. The number of Topliss-reactive ketones (excluding diaryl/α,β-unsaturated/α-hetero) is 1. The number of ketones is 1. The Hall–Kier alpha value is -2.95. The van der Waals surface area contributed by atoms with Gasteiger partial charge in [-0.05, 0) is 38.1 Å². The Morgan fingerprint density at radius 1 is 1.16 bits per heavy atom. The number of carbonyl (C=O) groups is 1. The van der Waals surface area contributed by atoms with Crippen molar-refractivity contribution in [2.45, 2.75) is 26.7 Å². The van der Waals surface area contributed by atoms with Gasteiger partial charge in [-0.1, -0.05) is 17.3 Å². The van der Waals surface area contributed by atoms with Crippen molar-refractivity contribution < 1.29 is 14.1 Å². The van der Waals surface area contributed by atoms with E-state index in [1.165, 1.54) is 0 Å². The minimum Gasteiger partial charge on any atom is -0.496 e. The van der Waals surface area contributed by atoms with Crippen molar-refractivity contribution in [3.8, 4) is 17.0 Å². The van der Waals surface area contributed by atoms with Crippen LogP contribution in [0.15, 0.2) is 47.0 Å². The third-order valence-corrected chi connectivity index (χ3v) is 4.07. The molecule has 3 rings (SSSR count). The van der Waals surface area contributed by atoms with Crippen molar-refractivity contribution >= 4 is 5.78 Å². The first-order valence-corrected chi connectivity index (χ1v) is 8.15. The molecular formula is C20H20N2O3. The lowest BCUT2D eigenvalue weighted by molar-refractivity contribution is 0.0979. The first kappa shape index (κ1) is 16.9. The van der Waals surface area contributed by atoms with Crippen LogP contribution < -0.4 is 4.74 Å². The van der Waals surface area contributed by atoms with Crippen LogP contribution in [0, 0.1) is 13.8 Å². The molecule has 5 heteroatoms. The number of rotatable bonds is 6. The molecule has 128 valence electrons. The third kappa shape index (κ3) is 3.76. The lowest BCUT2D eigenvalue weighted by atomic mass is 10.0. The molecule has 0 saturated carbocycles. The maximum atomic E-state index is 12.4. The fraction of sp³-hybridized carbons (Fsp3) is 0.250. The van der Waals surface area contributed by atoms with Gasteiger partial charge in [-0.3, -0.25) is 9.78 Å². The fourth-order valence-electron chi connectivity index (χ4n) is 2.77. The topological polar surface area (TPSA) is 65.2 Å². The quantitative estimate of drug-likeness (QED) is 0.632. The number of pyridine rings is 1. The van der Waals surface area contributed by atoms with Crippen LogP contribution in [0.3, 0.4) is 0 Å². The Labute approximate surface area is 146 Å². The number of hydrogen-bond acceptors (Lipinski definition) is 5. The van der Waals surface area contributed by atoms with Gasteiger partial charge in [0.1, 0.15) is 17.2 Å².